The average Bonchev–Trinajstić information content (AvgIpc) is 1.70. The molecule has 0 aliphatic carbocycles. The third-order valence-corrected chi connectivity index (χ3v) is 17.7. The second kappa shape index (κ2) is 23.9. The van der Waals surface area contributed by atoms with Crippen molar-refractivity contribution in [2.24, 2.45) is 0 Å². The molecule has 4 fully saturated rings. The lowest BCUT2D eigenvalue weighted by Gasteiger charge is -2.25. The van der Waals surface area contributed by atoms with Crippen LogP contribution in [0.15, 0.2) is 50.6 Å². The van der Waals surface area contributed by atoms with Gasteiger partial charge in [0.1, 0.15) is 121 Å². The van der Waals surface area contributed by atoms with Crippen molar-refractivity contribution >= 4 is 99.2 Å². The van der Waals surface area contributed by atoms with E-state index in [1.54, 1.807) is 0 Å². The summed E-state index contributed by atoms with van der Waals surface area (Å²) in [6.45, 7) is -4.16. The molecule has 19 atom stereocenters. The molecule has 8 aromatic rings. The first kappa shape index (κ1) is 62.7. The number of nitrogen functional groups attached to an aromatic ring is 4. The molecule has 4 aliphatic rings. The van der Waals surface area contributed by atoms with Gasteiger partial charge >= 0.3 is 31.3 Å². The van der Waals surface area contributed by atoms with Crippen LogP contribution in [0.3, 0.4) is 0 Å². The van der Waals surface area contributed by atoms with E-state index in [9.17, 15) is 68.3 Å². The molecule has 0 radical (unpaired) electrons. The van der Waals surface area contributed by atoms with Crippen LogP contribution in [-0.2, 0) is 68.9 Å². The van der Waals surface area contributed by atoms with Crippen LogP contribution in [0.1, 0.15) is 24.9 Å². The van der Waals surface area contributed by atoms with Crippen LogP contribution in [-0.4, -0.2) is 228 Å². The first-order valence-corrected chi connectivity index (χ1v) is 31.6. The van der Waals surface area contributed by atoms with Crippen LogP contribution >= 0.6 is 31.3 Å². The molecular weight excluding hydrogens is 1280 g/mol. The molecule has 0 saturated carbocycles. The lowest BCUT2D eigenvalue weighted by molar-refractivity contribution is -0.0656. The quantitative estimate of drug-likeness (QED) is 0.0285. The monoisotopic (exact) mass is 1330 g/mol. The molecule has 19 unspecified atom stereocenters. The van der Waals surface area contributed by atoms with E-state index in [-0.39, 0.29) is 67.9 Å². The second-order valence-corrected chi connectivity index (χ2v) is 25.3. The molecule has 89 heavy (non-hydrogen) atoms. The number of rotatable bonds is 22. The maximum Gasteiger partial charge on any atom is 0.472 e. The van der Waals surface area contributed by atoms with Crippen molar-refractivity contribution in [3.05, 3.63) is 50.6 Å². The van der Waals surface area contributed by atoms with Crippen LogP contribution in [0.4, 0.5) is 23.3 Å². The SMILES string of the molecule is Nc1ncnc2c1ncn2C1OC(COP(=O)(O)OC2C(O)C(COP(=O)(O)OC3C(O)C(COP(=O)(O)OC4C(O)C(COP(=O)(O)O)OC4n4cnc5c(N)ncnc54)OC3n3cnc4c(N)ncnc43)OC2n2cnc3c(N)ncnc32)C(O)C1O. The van der Waals surface area contributed by atoms with E-state index >= 15 is 0 Å². The Hall–Kier alpha value is -6.52. The second-order valence-electron chi connectivity index (χ2n) is 19.8. The standard InChI is InChI=1S/C40H50N20O25P4/c41-29-17-33(49-5-45-29)57(9-53-17)37-25(65)21(61)13(79-37)2-76-87(69,70)84-27-23(63)15(81-39(27)59-11-55-19-31(43)47-7-51-35(19)59)4-78-89(73,74)85-28-24(64)16(82-40(28)60-12-56-20-32(44)48-8-52-36(20)60)3-77-88(71,72)83-26-22(62)14(1-75-86(66,67)68)80-38(26)58-10-54-18-30(42)46-6-50-34(18)58/h5-16,21-28,37-40,61-65H,1-4H2,(H,69,70)(H,71,72)(H,73,74)(H2,41,45,49)(H2,42,46,50)(H2,43,47,51)(H2,44,48,52)(H2,66,67,68). The van der Waals surface area contributed by atoms with Gasteiger partial charge in [0, 0.05) is 0 Å². The van der Waals surface area contributed by atoms with Gasteiger partial charge in [-0.2, -0.15) is 0 Å². The third kappa shape index (κ3) is 12.3. The summed E-state index contributed by atoms with van der Waals surface area (Å²) in [5.74, 6) is -0.383. The number of phosphoric ester groups is 4. The minimum absolute atomic E-state index is 0.00202. The zero-order valence-electron chi connectivity index (χ0n) is 44.5. The van der Waals surface area contributed by atoms with E-state index in [1.807, 2.05) is 0 Å². The molecule has 480 valence electrons. The van der Waals surface area contributed by atoms with Gasteiger partial charge in [-0.05, 0) is 0 Å². The van der Waals surface area contributed by atoms with E-state index < -0.39 is 156 Å². The topological polar surface area (TPSA) is 651 Å². The minimum atomic E-state index is -5.63. The van der Waals surface area contributed by atoms with Crippen molar-refractivity contribution < 1.29 is 119 Å². The Balaban J connectivity index is 0.751. The minimum Gasteiger partial charge on any atom is -0.387 e. The van der Waals surface area contributed by atoms with Crippen molar-refractivity contribution in [1.82, 2.24) is 78.1 Å². The number of ether oxygens (including phenoxy) is 4. The molecule has 4 aliphatic heterocycles. The zero-order chi connectivity index (χ0) is 63.2. The van der Waals surface area contributed by atoms with Crippen molar-refractivity contribution in [3.8, 4) is 0 Å². The summed E-state index contributed by atoms with van der Waals surface area (Å²) in [6.07, 6.45) is -20.4. The largest absolute Gasteiger partial charge is 0.472 e. The van der Waals surface area contributed by atoms with E-state index in [4.69, 9.17) is 69.0 Å². The van der Waals surface area contributed by atoms with E-state index in [0.29, 0.717) is 0 Å². The van der Waals surface area contributed by atoms with Gasteiger partial charge in [-0.25, -0.2) is 78.1 Å². The van der Waals surface area contributed by atoms with Crippen LogP contribution in [0.5, 0.6) is 0 Å². The maximum absolute atomic E-state index is 14.1. The van der Waals surface area contributed by atoms with Crippen LogP contribution in [0, 0.1) is 0 Å². The molecule has 4 saturated heterocycles. The summed E-state index contributed by atoms with van der Waals surface area (Å²) < 4.78 is 118. The number of imidazole rings is 4. The van der Waals surface area contributed by atoms with Crippen LogP contribution in [0.25, 0.3) is 44.7 Å². The Morgan fingerprint density at radius 3 is 0.921 bits per heavy atom. The van der Waals surface area contributed by atoms with Gasteiger partial charge in [0.25, 0.3) is 0 Å². The number of nitrogens with zero attached hydrogens (tertiary/aromatic N) is 16. The summed E-state index contributed by atoms with van der Waals surface area (Å²) >= 11 is 0. The Labute approximate surface area is 493 Å². The molecule has 12 rings (SSSR count). The van der Waals surface area contributed by atoms with E-state index in [2.05, 4.69) is 64.3 Å². The predicted octanol–water partition coefficient (Wildman–Crippen LogP) is -4.32. The number of hydrogen-bond donors (Lipinski definition) is 14. The van der Waals surface area contributed by atoms with Gasteiger partial charge in [-0.1, -0.05) is 0 Å². The van der Waals surface area contributed by atoms with Gasteiger partial charge in [0.2, 0.25) is 0 Å². The normalized spacial score (nSPS) is 31.3. The highest BCUT2D eigenvalue weighted by molar-refractivity contribution is 7.48. The third-order valence-electron chi connectivity index (χ3n) is 14.3. The number of hydrogen-bond acceptors (Lipinski definition) is 36. The molecular formula is C40H50N20O25P4. The lowest BCUT2D eigenvalue weighted by atomic mass is 10.1. The van der Waals surface area contributed by atoms with E-state index in [0.717, 1.165) is 58.0 Å². The lowest BCUT2D eigenvalue weighted by Crippen LogP contribution is -2.37. The number of nitrogens with two attached hydrogens (primary N) is 4. The number of phosphoric acid groups is 4. The van der Waals surface area contributed by atoms with Crippen molar-refractivity contribution in [2.75, 3.05) is 49.4 Å². The number of fused-ring (bicyclic) bond motifs is 4. The van der Waals surface area contributed by atoms with E-state index in [1.165, 1.54) is 10.9 Å². The van der Waals surface area contributed by atoms with Crippen molar-refractivity contribution in [1.29, 1.82) is 0 Å². The fraction of sp³-hybridized carbons (Fsp3) is 0.500. The highest BCUT2D eigenvalue weighted by Gasteiger charge is 2.55. The Morgan fingerprint density at radius 1 is 0.371 bits per heavy atom. The molecule has 8 aromatic heterocycles. The molecule has 45 nitrogen and oxygen atoms in total. The number of aliphatic hydroxyl groups is 5. The van der Waals surface area contributed by atoms with Gasteiger partial charge in [-0.15, -0.1) is 0 Å². The van der Waals surface area contributed by atoms with Gasteiger partial charge in [0.15, 0.2) is 70.8 Å². The highest BCUT2D eigenvalue weighted by Crippen LogP contribution is 2.55. The number of anilines is 4. The van der Waals surface area contributed by atoms with Crippen LogP contribution in [0.2, 0.25) is 0 Å². The summed E-state index contributed by atoms with van der Waals surface area (Å²) in [6, 6.07) is 0. The number of aromatic nitrogens is 16. The highest BCUT2D eigenvalue weighted by atomic mass is 31.2. The Kier molecular flexibility index (Phi) is 16.9. The molecule has 0 bridgehead atoms. The first-order valence-electron chi connectivity index (χ1n) is 25.6. The molecule has 49 heteroatoms. The predicted molar refractivity (Wildman–Crippen MR) is 285 cm³/mol. The van der Waals surface area contributed by atoms with Gasteiger partial charge in [-0.3, -0.25) is 49.9 Å². The van der Waals surface area contributed by atoms with Crippen LogP contribution < -0.4 is 22.9 Å². The summed E-state index contributed by atoms with van der Waals surface area (Å²) in [7, 11) is -21.8. The fourth-order valence-electron chi connectivity index (χ4n) is 10.1. The molecule has 0 amide bonds. The maximum atomic E-state index is 14.1. The molecule has 12 heterocycles. The summed E-state index contributed by atoms with van der Waals surface area (Å²) in [5, 5.41) is 56.8. The molecule has 0 aromatic carbocycles. The molecule has 18 N–H and O–H groups in total. The number of aliphatic hydroxyl groups excluding tert-OH is 5. The van der Waals surface area contributed by atoms with Crippen molar-refractivity contribution in [3.63, 3.8) is 0 Å². The summed E-state index contributed by atoms with van der Waals surface area (Å²) in [5.41, 5.74) is 23.8. The fourth-order valence-corrected chi connectivity index (χ4v) is 13.3. The summed E-state index contributed by atoms with van der Waals surface area (Å²) in [4.78, 5) is 101. The smallest absolute Gasteiger partial charge is 0.387 e. The van der Waals surface area contributed by atoms with Gasteiger partial charge in [0.05, 0.1) is 51.7 Å². The Morgan fingerprint density at radius 2 is 0.629 bits per heavy atom. The average molecular weight is 1330 g/mol. The zero-order valence-corrected chi connectivity index (χ0v) is 48.1. The van der Waals surface area contributed by atoms with Gasteiger partial charge < -0.3 is 91.9 Å². The van der Waals surface area contributed by atoms with Crippen molar-refractivity contribution in [2.45, 2.75) is 98.2 Å². The Bertz CT molecular complexity index is 4150. The first-order chi connectivity index (χ1) is 42.2. The molecule has 0 spiro atoms.